The molecule has 0 spiro atoms. The van der Waals surface area contributed by atoms with Gasteiger partial charge in [0.2, 0.25) is 0 Å². The summed E-state index contributed by atoms with van der Waals surface area (Å²) in [6, 6.07) is 0. The van der Waals surface area contributed by atoms with Crippen LogP contribution in [0.1, 0.15) is 30.5 Å². The van der Waals surface area contributed by atoms with E-state index in [4.69, 9.17) is 0 Å². The summed E-state index contributed by atoms with van der Waals surface area (Å²) in [4.78, 5) is 4.57. The highest BCUT2D eigenvalue weighted by Gasteiger charge is 2.06. The zero-order chi connectivity index (χ0) is 10.8. The molecule has 0 radical (unpaired) electrons. The van der Waals surface area contributed by atoms with Crippen LogP contribution in [0.15, 0.2) is 17.8 Å². The van der Waals surface area contributed by atoms with E-state index in [-0.39, 0.29) is 0 Å². The summed E-state index contributed by atoms with van der Waals surface area (Å²) in [6.45, 7) is 5.10. The molecule has 2 aromatic rings. The van der Waals surface area contributed by atoms with E-state index in [1.54, 1.807) is 11.3 Å². The first kappa shape index (κ1) is 11.1. The molecule has 2 rings (SSSR count). The molecule has 15 heavy (non-hydrogen) atoms. The van der Waals surface area contributed by atoms with Gasteiger partial charge in [-0.3, -0.25) is 4.68 Å². The first-order valence-corrected chi connectivity index (χ1v) is 6.73. The van der Waals surface area contributed by atoms with Gasteiger partial charge in [0, 0.05) is 17.5 Å². The van der Waals surface area contributed by atoms with Crippen molar-refractivity contribution in [2.75, 3.05) is 0 Å². The van der Waals surface area contributed by atoms with Crippen molar-refractivity contribution in [1.29, 1.82) is 0 Å². The monoisotopic (exact) mass is 333 g/mol. The maximum atomic E-state index is 4.57. The molecule has 80 valence electrons. The number of hydrogen-bond donors (Lipinski definition) is 0. The highest BCUT2D eigenvalue weighted by molar-refractivity contribution is 14.1. The third-order valence-corrected chi connectivity index (χ3v) is 3.74. The first-order valence-electron chi connectivity index (χ1n) is 4.77. The van der Waals surface area contributed by atoms with Crippen molar-refractivity contribution in [3.8, 4) is 0 Å². The predicted octanol–water partition coefficient (Wildman–Crippen LogP) is 3.12. The summed E-state index contributed by atoms with van der Waals surface area (Å²) in [5.74, 6) is 0.515. The third-order valence-electron chi connectivity index (χ3n) is 1.99. The molecule has 2 heterocycles. The van der Waals surface area contributed by atoms with Crippen LogP contribution in [0.5, 0.6) is 0 Å². The number of halogens is 1. The average molecular weight is 333 g/mol. The van der Waals surface area contributed by atoms with E-state index in [0.29, 0.717) is 5.92 Å². The second kappa shape index (κ2) is 4.61. The summed E-state index contributed by atoms with van der Waals surface area (Å²) < 4.78 is 3.08. The second-order valence-electron chi connectivity index (χ2n) is 3.69. The van der Waals surface area contributed by atoms with E-state index in [9.17, 15) is 0 Å². The van der Waals surface area contributed by atoms with Gasteiger partial charge in [-0.1, -0.05) is 13.8 Å². The van der Waals surface area contributed by atoms with Crippen LogP contribution in [0.2, 0.25) is 0 Å². The molecule has 3 nitrogen and oxygen atoms in total. The number of nitrogens with zero attached hydrogens (tertiary/aromatic N) is 3. The molecule has 0 saturated heterocycles. The molecular weight excluding hydrogens is 321 g/mol. The van der Waals surface area contributed by atoms with Crippen molar-refractivity contribution in [2.45, 2.75) is 26.3 Å². The van der Waals surface area contributed by atoms with Crippen LogP contribution >= 0.6 is 33.9 Å². The maximum Gasteiger partial charge on any atom is 0.0954 e. The molecule has 0 aromatic carbocycles. The van der Waals surface area contributed by atoms with Crippen LogP contribution in [0.4, 0.5) is 0 Å². The van der Waals surface area contributed by atoms with Crippen molar-refractivity contribution < 1.29 is 0 Å². The Hall–Kier alpha value is -0.430. The highest BCUT2D eigenvalue weighted by Crippen LogP contribution is 2.19. The van der Waals surface area contributed by atoms with Crippen molar-refractivity contribution in [2.24, 2.45) is 0 Å². The SMILES string of the molecule is CC(C)c1nc(Cn2cc(I)cn2)cs1. The van der Waals surface area contributed by atoms with E-state index in [1.807, 2.05) is 17.1 Å². The van der Waals surface area contributed by atoms with Crippen LogP contribution in [0.25, 0.3) is 0 Å². The molecular formula is C10H12IN3S. The minimum Gasteiger partial charge on any atom is -0.266 e. The molecule has 0 N–H and O–H groups in total. The highest BCUT2D eigenvalue weighted by atomic mass is 127. The lowest BCUT2D eigenvalue weighted by Gasteiger charge is -1.98. The van der Waals surface area contributed by atoms with Crippen molar-refractivity contribution >= 4 is 33.9 Å². The standard InChI is InChI=1S/C10H12IN3S/c1-7(2)10-13-9(6-15-10)5-14-4-8(11)3-12-14/h3-4,6-7H,5H2,1-2H3. The van der Waals surface area contributed by atoms with Gasteiger partial charge in [-0.15, -0.1) is 11.3 Å². The Kier molecular flexibility index (Phi) is 3.40. The predicted molar refractivity (Wildman–Crippen MR) is 70.2 cm³/mol. The summed E-state index contributed by atoms with van der Waals surface area (Å²) in [6.07, 6.45) is 3.88. The summed E-state index contributed by atoms with van der Waals surface area (Å²) in [5, 5.41) is 7.55. The van der Waals surface area contributed by atoms with Crippen LogP contribution in [0, 0.1) is 3.57 Å². The van der Waals surface area contributed by atoms with Gasteiger partial charge in [0.05, 0.1) is 27.0 Å². The number of hydrogen-bond acceptors (Lipinski definition) is 3. The number of aromatic nitrogens is 3. The summed E-state index contributed by atoms with van der Waals surface area (Å²) in [5.41, 5.74) is 1.10. The first-order chi connectivity index (χ1) is 7.15. The fourth-order valence-corrected chi connectivity index (χ4v) is 2.52. The molecule has 0 unspecified atom stereocenters. The van der Waals surface area contributed by atoms with Gasteiger partial charge in [0.25, 0.3) is 0 Å². The van der Waals surface area contributed by atoms with Crippen LogP contribution in [-0.4, -0.2) is 14.8 Å². The lowest BCUT2D eigenvalue weighted by molar-refractivity contribution is 0.671. The summed E-state index contributed by atoms with van der Waals surface area (Å²) >= 11 is 3.99. The fraction of sp³-hybridized carbons (Fsp3) is 0.400. The van der Waals surface area contributed by atoms with E-state index >= 15 is 0 Å². The van der Waals surface area contributed by atoms with E-state index < -0.39 is 0 Å². The van der Waals surface area contributed by atoms with Crippen molar-refractivity contribution in [1.82, 2.24) is 14.8 Å². The molecule has 2 aromatic heterocycles. The van der Waals surface area contributed by atoms with Gasteiger partial charge in [-0.25, -0.2) is 4.98 Å². The second-order valence-corrected chi connectivity index (χ2v) is 5.82. The van der Waals surface area contributed by atoms with Crippen LogP contribution < -0.4 is 0 Å². The van der Waals surface area contributed by atoms with Gasteiger partial charge < -0.3 is 0 Å². The Balaban J connectivity index is 2.11. The van der Waals surface area contributed by atoms with Gasteiger partial charge in [0.1, 0.15) is 0 Å². The Morgan fingerprint density at radius 1 is 1.53 bits per heavy atom. The van der Waals surface area contributed by atoms with Crippen LogP contribution in [0.3, 0.4) is 0 Å². The fourth-order valence-electron chi connectivity index (χ4n) is 1.25. The van der Waals surface area contributed by atoms with Gasteiger partial charge in [-0.05, 0) is 22.6 Å². The number of rotatable bonds is 3. The lowest BCUT2D eigenvalue weighted by Crippen LogP contribution is -2.00. The van der Waals surface area contributed by atoms with E-state index in [1.165, 1.54) is 5.01 Å². The maximum absolute atomic E-state index is 4.57. The van der Waals surface area contributed by atoms with E-state index in [0.717, 1.165) is 15.8 Å². The molecule has 0 bridgehead atoms. The molecule has 0 saturated carbocycles. The Morgan fingerprint density at radius 2 is 2.33 bits per heavy atom. The van der Waals surface area contributed by atoms with Gasteiger partial charge in [-0.2, -0.15) is 5.10 Å². The quantitative estimate of drug-likeness (QED) is 0.808. The van der Waals surface area contributed by atoms with Gasteiger partial charge in [0.15, 0.2) is 0 Å². The molecule has 0 fully saturated rings. The Morgan fingerprint density at radius 3 is 2.87 bits per heavy atom. The molecule has 0 aliphatic carbocycles. The van der Waals surface area contributed by atoms with Gasteiger partial charge >= 0.3 is 0 Å². The summed E-state index contributed by atoms with van der Waals surface area (Å²) in [7, 11) is 0. The van der Waals surface area contributed by atoms with E-state index in [2.05, 4.69) is 51.9 Å². The minimum absolute atomic E-state index is 0.515. The molecule has 0 aliphatic rings. The largest absolute Gasteiger partial charge is 0.266 e. The third kappa shape index (κ3) is 2.78. The van der Waals surface area contributed by atoms with Crippen molar-refractivity contribution in [3.63, 3.8) is 0 Å². The Bertz CT molecular complexity index is 447. The lowest BCUT2D eigenvalue weighted by atomic mass is 10.2. The average Bonchev–Trinajstić information content (AvgIpc) is 2.76. The smallest absolute Gasteiger partial charge is 0.0954 e. The molecule has 0 aliphatic heterocycles. The zero-order valence-corrected chi connectivity index (χ0v) is 11.6. The topological polar surface area (TPSA) is 30.7 Å². The molecule has 0 atom stereocenters. The minimum atomic E-state index is 0.515. The normalized spacial score (nSPS) is 11.2. The number of thiazole rings is 1. The Labute approximate surface area is 107 Å². The molecule has 0 amide bonds. The van der Waals surface area contributed by atoms with Crippen LogP contribution in [-0.2, 0) is 6.54 Å². The zero-order valence-electron chi connectivity index (χ0n) is 8.64. The molecule has 5 heteroatoms. The van der Waals surface area contributed by atoms with Crippen molar-refractivity contribution in [3.05, 3.63) is 32.0 Å².